The van der Waals surface area contributed by atoms with Crippen molar-refractivity contribution >= 4 is 29.3 Å². The number of carbonyl (C=O) groups is 1. The average molecular weight is 323 g/mol. The molecule has 6 heteroatoms. The summed E-state index contributed by atoms with van der Waals surface area (Å²) in [4.78, 5) is 17.8. The predicted octanol–water partition coefficient (Wildman–Crippen LogP) is 3.65. The number of pyridine rings is 1. The zero-order chi connectivity index (χ0) is 14.8. The standard InChI is InChI=1S/C15H12ClFN2OS/c16-12-4-1-5-13(17)11(12)8-19-14(20)9-21-15(19)10-3-2-6-18-7-10/h1-7,15H,8-9H2/t15-/m1/s1. The number of halogens is 2. The Morgan fingerprint density at radius 1 is 1.38 bits per heavy atom. The highest BCUT2D eigenvalue weighted by Gasteiger charge is 2.33. The minimum absolute atomic E-state index is 0.0202. The summed E-state index contributed by atoms with van der Waals surface area (Å²) < 4.78 is 13.9. The van der Waals surface area contributed by atoms with Gasteiger partial charge in [-0.05, 0) is 18.2 Å². The highest BCUT2D eigenvalue weighted by atomic mass is 35.5. The minimum Gasteiger partial charge on any atom is -0.321 e. The summed E-state index contributed by atoms with van der Waals surface area (Å²) in [5, 5.41) is 0.187. The maximum Gasteiger partial charge on any atom is 0.234 e. The molecule has 1 aliphatic rings. The van der Waals surface area contributed by atoms with Gasteiger partial charge in [0.15, 0.2) is 0 Å². The lowest BCUT2D eigenvalue weighted by atomic mass is 10.1. The first-order valence-electron chi connectivity index (χ1n) is 6.40. The highest BCUT2D eigenvalue weighted by Crippen LogP contribution is 2.40. The number of carbonyl (C=O) groups excluding carboxylic acids is 1. The van der Waals surface area contributed by atoms with Crippen molar-refractivity contribution < 1.29 is 9.18 Å². The van der Waals surface area contributed by atoms with Crippen LogP contribution in [0.2, 0.25) is 5.02 Å². The summed E-state index contributed by atoms with van der Waals surface area (Å²) in [6.45, 7) is 0.164. The lowest BCUT2D eigenvalue weighted by Crippen LogP contribution is -2.28. The molecule has 0 bridgehead atoms. The fourth-order valence-corrected chi connectivity index (χ4v) is 3.67. The van der Waals surface area contributed by atoms with Crippen molar-refractivity contribution in [2.45, 2.75) is 11.9 Å². The maximum absolute atomic E-state index is 13.9. The van der Waals surface area contributed by atoms with E-state index in [-0.39, 0.29) is 17.8 Å². The van der Waals surface area contributed by atoms with E-state index in [1.54, 1.807) is 29.4 Å². The SMILES string of the molecule is O=C1CS[C@H](c2cccnc2)N1Cc1c(F)cccc1Cl. The molecule has 108 valence electrons. The monoisotopic (exact) mass is 322 g/mol. The number of hydrogen-bond donors (Lipinski definition) is 0. The van der Waals surface area contributed by atoms with Gasteiger partial charge in [0.25, 0.3) is 0 Å². The molecule has 1 aromatic carbocycles. The molecule has 3 nitrogen and oxygen atoms in total. The van der Waals surface area contributed by atoms with Crippen LogP contribution in [0.5, 0.6) is 0 Å². The molecule has 0 spiro atoms. The summed E-state index contributed by atoms with van der Waals surface area (Å²) in [5.74, 6) is -0.0312. The van der Waals surface area contributed by atoms with Gasteiger partial charge in [-0.15, -0.1) is 11.8 Å². The lowest BCUT2D eigenvalue weighted by molar-refractivity contribution is -0.128. The van der Waals surface area contributed by atoms with Crippen molar-refractivity contribution in [2.24, 2.45) is 0 Å². The van der Waals surface area contributed by atoms with E-state index >= 15 is 0 Å². The second-order valence-corrected chi connectivity index (χ2v) is 6.15. The fourth-order valence-electron chi connectivity index (χ4n) is 2.28. The zero-order valence-corrected chi connectivity index (χ0v) is 12.6. The predicted molar refractivity (Wildman–Crippen MR) is 81.4 cm³/mol. The van der Waals surface area contributed by atoms with E-state index in [1.807, 2.05) is 12.1 Å². The third-order valence-corrected chi connectivity index (χ3v) is 4.94. The average Bonchev–Trinajstić information content (AvgIpc) is 2.85. The molecule has 0 N–H and O–H groups in total. The summed E-state index contributed by atoms with van der Waals surface area (Å²) in [6, 6.07) is 8.28. The Morgan fingerprint density at radius 3 is 2.95 bits per heavy atom. The Kier molecular flexibility index (Phi) is 4.12. The number of amides is 1. The molecule has 1 atom stereocenters. The van der Waals surface area contributed by atoms with E-state index in [1.165, 1.54) is 17.8 Å². The molecule has 21 heavy (non-hydrogen) atoms. The maximum atomic E-state index is 13.9. The number of nitrogens with zero attached hydrogens (tertiary/aromatic N) is 2. The molecule has 2 aromatic rings. The Morgan fingerprint density at radius 2 is 2.24 bits per heavy atom. The van der Waals surface area contributed by atoms with Crippen LogP contribution in [0.3, 0.4) is 0 Å². The molecule has 3 rings (SSSR count). The summed E-state index contributed by atoms with van der Waals surface area (Å²) >= 11 is 7.57. The fraction of sp³-hybridized carbons (Fsp3) is 0.200. The van der Waals surface area contributed by atoms with Gasteiger partial charge in [-0.25, -0.2) is 4.39 Å². The van der Waals surface area contributed by atoms with Gasteiger partial charge in [-0.3, -0.25) is 9.78 Å². The minimum atomic E-state index is -0.392. The van der Waals surface area contributed by atoms with E-state index in [0.29, 0.717) is 16.3 Å². The van der Waals surface area contributed by atoms with Crippen LogP contribution in [0.1, 0.15) is 16.5 Å². The van der Waals surface area contributed by atoms with Gasteiger partial charge in [0.05, 0.1) is 12.3 Å². The van der Waals surface area contributed by atoms with Gasteiger partial charge in [0.1, 0.15) is 11.2 Å². The quantitative estimate of drug-likeness (QED) is 0.865. The Hall–Kier alpha value is -1.59. The second-order valence-electron chi connectivity index (χ2n) is 4.67. The van der Waals surface area contributed by atoms with Gasteiger partial charge in [-0.2, -0.15) is 0 Å². The normalized spacial score (nSPS) is 18.3. The molecule has 1 amide bonds. The number of thioether (sulfide) groups is 1. The first-order chi connectivity index (χ1) is 10.2. The van der Waals surface area contributed by atoms with E-state index in [2.05, 4.69) is 4.98 Å². The van der Waals surface area contributed by atoms with Gasteiger partial charge < -0.3 is 4.90 Å². The van der Waals surface area contributed by atoms with Crippen molar-refractivity contribution in [3.63, 3.8) is 0 Å². The number of aromatic nitrogens is 1. The molecule has 1 saturated heterocycles. The van der Waals surface area contributed by atoms with E-state index in [0.717, 1.165) is 5.56 Å². The second kappa shape index (κ2) is 6.03. The smallest absolute Gasteiger partial charge is 0.234 e. The molecule has 1 aromatic heterocycles. The van der Waals surface area contributed by atoms with Gasteiger partial charge >= 0.3 is 0 Å². The molecule has 0 radical (unpaired) electrons. The third-order valence-electron chi connectivity index (χ3n) is 3.33. The molecular weight excluding hydrogens is 311 g/mol. The summed E-state index contributed by atoms with van der Waals surface area (Å²) in [5.41, 5.74) is 1.28. The van der Waals surface area contributed by atoms with Gasteiger partial charge in [0, 0.05) is 28.5 Å². The van der Waals surface area contributed by atoms with Crippen LogP contribution in [0.4, 0.5) is 4.39 Å². The molecule has 1 aliphatic heterocycles. The third kappa shape index (κ3) is 2.89. The van der Waals surface area contributed by atoms with Crippen molar-refractivity contribution in [3.8, 4) is 0 Å². The lowest BCUT2D eigenvalue weighted by Gasteiger charge is -2.24. The van der Waals surface area contributed by atoms with Gasteiger partial charge in [-0.1, -0.05) is 23.7 Å². The molecule has 0 aliphatic carbocycles. The molecule has 0 unspecified atom stereocenters. The van der Waals surface area contributed by atoms with Crippen molar-refractivity contribution in [2.75, 3.05) is 5.75 Å². The van der Waals surface area contributed by atoms with Crippen molar-refractivity contribution in [1.82, 2.24) is 9.88 Å². The summed E-state index contributed by atoms with van der Waals surface area (Å²) in [7, 11) is 0. The zero-order valence-electron chi connectivity index (χ0n) is 11.0. The van der Waals surface area contributed by atoms with Crippen molar-refractivity contribution in [1.29, 1.82) is 0 Å². The van der Waals surface area contributed by atoms with E-state index < -0.39 is 5.82 Å². The van der Waals surface area contributed by atoms with Crippen LogP contribution < -0.4 is 0 Å². The largest absolute Gasteiger partial charge is 0.321 e. The Bertz CT molecular complexity index is 648. The van der Waals surface area contributed by atoms with Crippen molar-refractivity contribution in [3.05, 3.63) is 64.7 Å². The number of hydrogen-bond acceptors (Lipinski definition) is 3. The first-order valence-corrected chi connectivity index (χ1v) is 7.83. The van der Waals surface area contributed by atoms with Crippen LogP contribution in [-0.4, -0.2) is 21.5 Å². The van der Waals surface area contributed by atoms with Crippen LogP contribution in [0.15, 0.2) is 42.7 Å². The molecule has 1 fully saturated rings. The van der Waals surface area contributed by atoms with Crippen LogP contribution in [-0.2, 0) is 11.3 Å². The van der Waals surface area contributed by atoms with E-state index in [4.69, 9.17) is 11.6 Å². The molecular formula is C15H12ClFN2OS. The first kappa shape index (κ1) is 14.4. The topological polar surface area (TPSA) is 33.2 Å². The van der Waals surface area contributed by atoms with Crippen LogP contribution in [0.25, 0.3) is 0 Å². The Labute approximate surface area is 131 Å². The molecule has 0 saturated carbocycles. The van der Waals surface area contributed by atoms with Crippen LogP contribution >= 0.6 is 23.4 Å². The summed E-state index contributed by atoms with van der Waals surface area (Å²) in [6.07, 6.45) is 3.41. The Balaban J connectivity index is 1.90. The number of benzene rings is 1. The highest BCUT2D eigenvalue weighted by molar-refractivity contribution is 8.00. The molecule has 2 heterocycles. The van der Waals surface area contributed by atoms with E-state index in [9.17, 15) is 9.18 Å². The van der Waals surface area contributed by atoms with Crippen LogP contribution in [0, 0.1) is 5.82 Å². The van der Waals surface area contributed by atoms with Gasteiger partial charge in [0.2, 0.25) is 5.91 Å². The number of rotatable bonds is 3.